The number of esters is 1. The minimum absolute atomic E-state index is 0.0595. The van der Waals surface area contributed by atoms with Crippen LogP contribution in [0.25, 0.3) is 11.1 Å². The van der Waals surface area contributed by atoms with E-state index in [1.54, 1.807) is 0 Å². The van der Waals surface area contributed by atoms with Gasteiger partial charge in [-0.25, -0.2) is 14.8 Å². The molecule has 44 heavy (non-hydrogen) atoms. The van der Waals surface area contributed by atoms with Crippen molar-refractivity contribution in [2.75, 3.05) is 25.1 Å². The zero-order valence-electron chi connectivity index (χ0n) is 25.1. The summed E-state index contributed by atoms with van der Waals surface area (Å²) in [6, 6.07) is 15.8. The number of guanidine groups is 1. The summed E-state index contributed by atoms with van der Waals surface area (Å²) in [5.74, 6) is -1.81. The van der Waals surface area contributed by atoms with Gasteiger partial charge in [-0.2, -0.15) is 0 Å². The molecule has 1 heterocycles. The first-order valence-corrected chi connectivity index (χ1v) is 14.6. The van der Waals surface area contributed by atoms with Crippen LogP contribution in [0.5, 0.6) is 0 Å². The van der Waals surface area contributed by atoms with Crippen molar-refractivity contribution in [1.82, 2.24) is 25.9 Å². The number of halogens is 1. The van der Waals surface area contributed by atoms with E-state index in [1.165, 1.54) is 12.7 Å². The highest BCUT2D eigenvalue weighted by molar-refractivity contribution is 6.31. The number of methoxy groups -OCH3 is 1. The van der Waals surface area contributed by atoms with Crippen LogP contribution in [-0.2, 0) is 27.2 Å². The number of hydrogen-bond donors (Lipinski definition) is 6. The smallest absolute Gasteiger partial charge is 0.328 e. The Bertz CT molecular complexity index is 1460. The van der Waals surface area contributed by atoms with Gasteiger partial charge in [-0.05, 0) is 53.9 Å². The first-order valence-electron chi connectivity index (χ1n) is 14.3. The number of ether oxygens (including phenoxy) is 1. The Morgan fingerprint density at radius 3 is 2.07 bits per heavy atom. The number of nitrogen functional groups attached to an aromatic ring is 2. The number of unbranched alkanes of at least 4 members (excludes halogenated alkanes) is 1. The number of aromatic nitrogens is 2. The molecule has 0 radical (unpaired) electrons. The maximum atomic E-state index is 12.4. The van der Waals surface area contributed by atoms with E-state index in [2.05, 4.69) is 50.2 Å². The molecular formula is C31H39ClN8O4. The van der Waals surface area contributed by atoms with Crippen LogP contribution in [0.4, 0.5) is 11.6 Å². The average Bonchev–Trinajstić information content (AvgIpc) is 3.00. The predicted octanol–water partition coefficient (Wildman–Crippen LogP) is 3.48. The van der Waals surface area contributed by atoms with Crippen LogP contribution in [0.15, 0.2) is 48.5 Å². The number of hydrogen-bond acceptors (Lipinski definition) is 9. The van der Waals surface area contributed by atoms with Crippen molar-refractivity contribution in [2.24, 2.45) is 5.92 Å². The number of aryl methyl sites for hydroxylation is 2. The summed E-state index contributed by atoms with van der Waals surface area (Å²) in [5, 5.41) is 15.8. The molecule has 2 amide bonds. The van der Waals surface area contributed by atoms with Crippen LogP contribution in [0.1, 0.15) is 54.7 Å². The first kappa shape index (κ1) is 33.8. The van der Waals surface area contributed by atoms with Gasteiger partial charge in [0.2, 0.25) is 5.91 Å². The van der Waals surface area contributed by atoms with Gasteiger partial charge in [-0.3, -0.25) is 20.3 Å². The lowest BCUT2D eigenvalue weighted by atomic mass is 9.99. The number of amides is 2. The molecule has 1 atom stereocenters. The quantitative estimate of drug-likeness (QED) is 0.0715. The van der Waals surface area contributed by atoms with E-state index < -0.39 is 17.9 Å². The zero-order chi connectivity index (χ0) is 32.2. The SMILES string of the molecule is COC(=O)C(NC(=O)CCc1ccc(-c2ccc(CCCCNC(=N)NC(=O)c3nc(Cl)c(N)nc3N)cc2)cc1)C(C)C. The largest absolute Gasteiger partial charge is 0.467 e. The molecule has 1 aromatic heterocycles. The topological polar surface area (TPSA) is 198 Å². The Balaban J connectivity index is 1.38. The highest BCUT2D eigenvalue weighted by Crippen LogP contribution is 2.22. The Labute approximate surface area is 261 Å². The molecular weight excluding hydrogens is 584 g/mol. The average molecular weight is 623 g/mol. The minimum Gasteiger partial charge on any atom is -0.467 e. The van der Waals surface area contributed by atoms with Crippen molar-refractivity contribution in [1.29, 1.82) is 5.41 Å². The summed E-state index contributed by atoms with van der Waals surface area (Å²) in [5.41, 5.74) is 15.4. The van der Waals surface area contributed by atoms with Crippen LogP contribution >= 0.6 is 11.6 Å². The Hall–Kier alpha value is -4.71. The lowest BCUT2D eigenvalue weighted by Gasteiger charge is -2.19. The van der Waals surface area contributed by atoms with Crippen molar-refractivity contribution in [3.8, 4) is 11.1 Å². The van der Waals surface area contributed by atoms with E-state index >= 15 is 0 Å². The normalized spacial score (nSPS) is 11.5. The molecule has 0 bridgehead atoms. The zero-order valence-corrected chi connectivity index (χ0v) is 25.8. The molecule has 0 aliphatic heterocycles. The van der Waals surface area contributed by atoms with Gasteiger partial charge < -0.3 is 26.8 Å². The number of carbonyl (C=O) groups is 3. The molecule has 1 unspecified atom stereocenters. The van der Waals surface area contributed by atoms with Gasteiger partial charge in [0.25, 0.3) is 5.91 Å². The second-order valence-electron chi connectivity index (χ2n) is 10.6. The van der Waals surface area contributed by atoms with Crippen molar-refractivity contribution < 1.29 is 19.1 Å². The fourth-order valence-corrected chi connectivity index (χ4v) is 4.48. The second kappa shape index (κ2) is 16.2. The van der Waals surface area contributed by atoms with E-state index in [1.807, 2.05) is 38.1 Å². The molecule has 0 aliphatic carbocycles. The maximum Gasteiger partial charge on any atom is 0.328 e. The van der Waals surface area contributed by atoms with Gasteiger partial charge >= 0.3 is 5.97 Å². The van der Waals surface area contributed by atoms with E-state index in [0.29, 0.717) is 13.0 Å². The molecule has 0 aliphatic rings. The number of rotatable bonds is 13. The van der Waals surface area contributed by atoms with Crippen LogP contribution in [0.3, 0.4) is 0 Å². The summed E-state index contributed by atoms with van der Waals surface area (Å²) < 4.78 is 4.78. The van der Waals surface area contributed by atoms with Crippen molar-refractivity contribution >= 4 is 47.0 Å². The van der Waals surface area contributed by atoms with Crippen LogP contribution in [0, 0.1) is 11.3 Å². The van der Waals surface area contributed by atoms with E-state index in [4.69, 9.17) is 33.2 Å². The Kier molecular flexibility index (Phi) is 12.5. The van der Waals surface area contributed by atoms with E-state index in [0.717, 1.165) is 36.0 Å². The minimum atomic E-state index is -0.705. The number of nitrogens with two attached hydrogens (primary N) is 2. The van der Waals surface area contributed by atoms with Crippen molar-refractivity contribution in [3.05, 3.63) is 70.5 Å². The Morgan fingerprint density at radius 2 is 1.50 bits per heavy atom. The molecule has 13 heteroatoms. The number of benzene rings is 2. The van der Waals surface area contributed by atoms with Gasteiger partial charge in [0.05, 0.1) is 7.11 Å². The molecule has 3 rings (SSSR count). The molecule has 0 spiro atoms. The van der Waals surface area contributed by atoms with Gasteiger partial charge in [-0.15, -0.1) is 0 Å². The number of anilines is 2. The highest BCUT2D eigenvalue weighted by atomic mass is 35.5. The summed E-state index contributed by atoms with van der Waals surface area (Å²) in [6.07, 6.45) is 3.39. The summed E-state index contributed by atoms with van der Waals surface area (Å²) >= 11 is 5.80. The third kappa shape index (κ3) is 9.94. The monoisotopic (exact) mass is 622 g/mol. The standard InChI is InChI=1S/C31H39ClN8O4/c1-18(2)24(30(43)44-3)37-23(41)16-11-20-9-14-22(15-10-20)21-12-7-19(8-13-21)6-4-5-17-36-31(35)40-29(42)25-27(33)39-28(34)26(32)38-25/h7-10,12-15,18,24H,4-6,11,16-17H2,1-3H3,(H,37,41)(H4,33,34,39)(H3,35,36,40,42). The summed E-state index contributed by atoms with van der Waals surface area (Å²) in [7, 11) is 1.32. The number of carbonyl (C=O) groups excluding carboxylic acids is 3. The van der Waals surface area contributed by atoms with Crippen molar-refractivity contribution in [2.45, 2.75) is 52.0 Å². The van der Waals surface area contributed by atoms with Gasteiger partial charge in [0.15, 0.2) is 28.4 Å². The van der Waals surface area contributed by atoms with Crippen LogP contribution < -0.4 is 27.4 Å². The molecule has 12 nitrogen and oxygen atoms in total. The lowest BCUT2D eigenvalue weighted by Crippen LogP contribution is -2.45. The number of nitrogens with one attached hydrogen (secondary N) is 4. The summed E-state index contributed by atoms with van der Waals surface area (Å²) in [4.78, 5) is 44.1. The molecule has 8 N–H and O–H groups in total. The van der Waals surface area contributed by atoms with Gasteiger partial charge in [0, 0.05) is 13.0 Å². The molecule has 3 aromatic rings. The lowest BCUT2D eigenvalue weighted by molar-refractivity contribution is -0.146. The third-order valence-electron chi connectivity index (χ3n) is 6.87. The summed E-state index contributed by atoms with van der Waals surface area (Å²) in [6.45, 7) is 4.22. The highest BCUT2D eigenvalue weighted by Gasteiger charge is 2.24. The molecule has 234 valence electrons. The van der Waals surface area contributed by atoms with Crippen LogP contribution in [0.2, 0.25) is 5.15 Å². The number of nitrogens with zero attached hydrogens (tertiary/aromatic N) is 2. The molecule has 0 saturated carbocycles. The van der Waals surface area contributed by atoms with E-state index in [9.17, 15) is 14.4 Å². The molecule has 0 fully saturated rings. The van der Waals surface area contributed by atoms with Crippen LogP contribution in [-0.4, -0.2) is 53.4 Å². The van der Waals surface area contributed by atoms with Gasteiger partial charge in [0.1, 0.15) is 6.04 Å². The Morgan fingerprint density at radius 1 is 0.909 bits per heavy atom. The van der Waals surface area contributed by atoms with E-state index in [-0.39, 0.29) is 46.7 Å². The predicted molar refractivity (Wildman–Crippen MR) is 171 cm³/mol. The van der Waals surface area contributed by atoms with Gasteiger partial charge in [-0.1, -0.05) is 74.0 Å². The maximum absolute atomic E-state index is 12.4. The fraction of sp³-hybridized carbons (Fsp3) is 0.355. The van der Waals surface area contributed by atoms with Crippen molar-refractivity contribution in [3.63, 3.8) is 0 Å². The molecule has 2 aromatic carbocycles. The second-order valence-corrected chi connectivity index (χ2v) is 10.9. The fourth-order valence-electron chi connectivity index (χ4n) is 4.35. The molecule has 0 saturated heterocycles. The first-order chi connectivity index (χ1) is 21.0. The third-order valence-corrected chi connectivity index (χ3v) is 7.15.